The van der Waals surface area contributed by atoms with Crippen LogP contribution >= 0.6 is 11.8 Å². The largest absolute Gasteiger partial charge is 0.394 e. The van der Waals surface area contributed by atoms with Gasteiger partial charge in [-0.05, 0) is 13.2 Å². The molecule has 2 N–H and O–H groups in total. The highest BCUT2D eigenvalue weighted by molar-refractivity contribution is 8.02. The summed E-state index contributed by atoms with van der Waals surface area (Å²) >= 11 is 1.56. The maximum absolute atomic E-state index is 5.30. The van der Waals surface area contributed by atoms with Gasteiger partial charge in [0.25, 0.3) is 0 Å². The van der Waals surface area contributed by atoms with Crippen molar-refractivity contribution in [1.29, 1.82) is 0 Å². The quantitative estimate of drug-likeness (QED) is 0.539. The van der Waals surface area contributed by atoms with Crippen LogP contribution in [0.2, 0.25) is 0 Å². The highest BCUT2D eigenvalue weighted by Gasteiger charge is 1.73. The molecule has 6 heavy (non-hydrogen) atoms. The molecule has 0 aromatic rings. The van der Waals surface area contributed by atoms with Crippen LogP contribution < -0.4 is 5.73 Å². The maximum Gasteiger partial charge on any atom is 0.0608 e. The van der Waals surface area contributed by atoms with Crippen molar-refractivity contribution in [3.8, 4) is 0 Å². The van der Waals surface area contributed by atoms with Crippen molar-refractivity contribution in [1.82, 2.24) is 0 Å². The third-order valence-corrected chi connectivity index (χ3v) is 1.23. The first kappa shape index (κ1) is 5.89. The average Bonchev–Trinajstić information content (AvgIpc) is 1.65. The Balaban J connectivity index is 3.22. The summed E-state index contributed by atoms with van der Waals surface area (Å²) in [4.78, 5) is 0. The van der Waals surface area contributed by atoms with E-state index < -0.39 is 0 Å². The van der Waals surface area contributed by atoms with E-state index in [0.717, 1.165) is 5.03 Å². The first-order chi connectivity index (χ1) is 2.81. The first-order valence-electron chi connectivity index (χ1n) is 1.77. The zero-order valence-corrected chi connectivity index (χ0v) is 4.88. The summed E-state index contributed by atoms with van der Waals surface area (Å²) in [5.74, 6) is 0. The van der Waals surface area contributed by atoms with Crippen LogP contribution in [0.5, 0.6) is 0 Å². The van der Waals surface area contributed by atoms with Gasteiger partial charge in [0.15, 0.2) is 0 Å². The number of nitrogens with two attached hydrogens (primary N) is 1. The number of hydrogen-bond acceptors (Lipinski definition) is 2. The monoisotopic (exact) mass is 103 g/mol. The zero-order chi connectivity index (χ0) is 4.99. The van der Waals surface area contributed by atoms with Crippen molar-refractivity contribution in [2.45, 2.75) is 6.92 Å². The topological polar surface area (TPSA) is 26.0 Å². The molecule has 0 amide bonds. The van der Waals surface area contributed by atoms with Gasteiger partial charge in [0.05, 0.1) is 5.03 Å². The van der Waals surface area contributed by atoms with E-state index >= 15 is 0 Å². The Morgan fingerprint density at radius 2 is 2.33 bits per heavy atom. The predicted octanol–water partition coefficient (Wildman–Crippen LogP) is 1.17. The van der Waals surface area contributed by atoms with Crippen LogP contribution in [0.15, 0.2) is 11.1 Å². The summed E-state index contributed by atoms with van der Waals surface area (Å²) in [5.41, 5.74) is 5.30. The molecule has 0 spiro atoms. The lowest BCUT2D eigenvalue weighted by Crippen LogP contribution is -1.87. The second kappa shape index (κ2) is 3.09. The lowest BCUT2D eigenvalue weighted by Gasteiger charge is -1.86. The van der Waals surface area contributed by atoms with Crippen LogP contribution in [0.1, 0.15) is 6.92 Å². The van der Waals surface area contributed by atoms with Gasteiger partial charge >= 0.3 is 0 Å². The molecule has 0 unspecified atom stereocenters. The molecule has 0 heterocycles. The minimum Gasteiger partial charge on any atom is -0.394 e. The SMILES string of the molecule is CC=C(N)SC. The van der Waals surface area contributed by atoms with Gasteiger partial charge in [0.2, 0.25) is 0 Å². The Hall–Kier alpha value is -0.110. The van der Waals surface area contributed by atoms with Crippen molar-refractivity contribution >= 4 is 11.8 Å². The summed E-state index contributed by atoms with van der Waals surface area (Å²) in [6.07, 6.45) is 3.83. The van der Waals surface area contributed by atoms with Crippen molar-refractivity contribution in [3.05, 3.63) is 11.1 Å². The van der Waals surface area contributed by atoms with E-state index in [9.17, 15) is 0 Å². The molecule has 0 aromatic heterocycles. The summed E-state index contributed by atoms with van der Waals surface area (Å²) < 4.78 is 0. The van der Waals surface area contributed by atoms with E-state index in [1.54, 1.807) is 11.8 Å². The van der Waals surface area contributed by atoms with Gasteiger partial charge in [-0.15, -0.1) is 11.8 Å². The Labute approximate surface area is 42.6 Å². The molecular weight excluding hydrogens is 94.1 g/mol. The molecule has 0 radical (unpaired) electrons. The van der Waals surface area contributed by atoms with E-state index in [2.05, 4.69) is 0 Å². The fourth-order valence-corrected chi connectivity index (χ4v) is 0.354. The van der Waals surface area contributed by atoms with Crippen molar-refractivity contribution in [2.75, 3.05) is 6.26 Å². The molecule has 0 saturated heterocycles. The summed E-state index contributed by atoms with van der Waals surface area (Å²) in [6, 6.07) is 0. The smallest absolute Gasteiger partial charge is 0.0608 e. The van der Waals surface area contributed by atoms with E-state index in [4.69, 9.17) is 5.73 Å². The maximum atomic E-state index is 5.30. The fourth-order valence-electron chi connectivity index (χ4n) is 0.118. The minimum absolute atomic E-state index is 0.884. The molecule has 0 fully saturated rings. The van der Waals surface area contributed by atoms with Crippen LogP contribution in [-0.2, 0) is 0 Å². The molecule has 1 nitrogen and oxygen atoms in total. The average molecular weight is 103 g/mol. The molecule has 0 saturated carbocycles. The van der Waals surface area contributed by atoms with Crippen LogP contribution in [0.25, 0.3) is 0 Å². The molecular formula is C4H9NS. The second-order valence-corrected chi connectivity index (χ2v) is 1.77. The Morgan fingerprint density at radius 1 is 1.83 bits per heavy atom. The first-order valence-corrected chi connectivity index (χ1v) is 2.99. The van der Waals surface area contributed by atoms with E-state index in [-0.39, 0.29) is 0 Å². The molecule has 0 aliphatic rings. The number of rotatable bonds is 1. The predicted molar refractivity (Wildman–Crippen MR) is 31.5 cm³/mol. The number of allylic oxidation sites excluding steroid dienone is 1. The highest BCUT2D eigenvalue weighted by atomic mass is 32.2. The summed E-state index contributed by atoms with van der Waals surface area (Å²) in [6.45, 7) is 1.92. The van der Waals surface area contributed by atoms with Crippen molar-refractivity contribution in [3.63, 3.8) is 0 Å². The highest BCUT2D eigenvalue weighted by Crippen LogP contribution is 2.00. The van der Waals surface area contributed by atoms with Crippen LogP contribution in [0, 0.1) is 0 Å². The molecule has 0 aromatic carbocycles. The third kappa shape index (κ3) is 2.15. The number of thioether (sulfide) groups is 1. The lowest BCUT2D eigenvalue weighted by atomic mass is 10.7. The lowest BCUT2D eigenvalue weighted by molar-refractivity contribution is 1.51. The molecule has 0 aliphatic heterocycles. The Morgan fingerprint density at radius 3 is 2.33 bits per heavy atom. The van der Waals surface area contributed by atoms with Gasteiger partial charge in [-0.1, -0.05) is 6.08 Å². The van der Waals surface area contributed by atoms with E-state index in [1.807, 2.05) is 19.3 Å². The number of hydrogen-bond donors (Lipinski definition) is 1. The van der Waals surface area contributed by atoms with Gasteiger partial charge in [0, 0.05) is 0 Å². The Kier molecular flexibility index (Phi) is 3.04. The van der Waals surface area contributed by atoms with Gasteiger partial charge in [-0.25, -0.2) is 0 Å². The van der Waals surface area contributed by atoms with Crippen LogP contribution in [-0.4, -0.2) is 6.26 Å². The van der Waals surface area contributed by atoms with Crippen molar-refractivity contribution < 1.29 is 0 Å². The molecule has 0 rings (SSSR count). The molecule has 0 aliphatic carbocycles. The van der Waals surface area contributed by atoms with Gasteiger partial charge < -0.3 is 5.73 Å². The van der Waals surface area contributed by atoms with Crippen LogP contribution in [0.4, 0.5) is 0 Å². The van der Waals surface area contributed by atoms with E-state index in [1.165, 1.54) is 0 Å². The summed E-state index contributed by atoms with van der Waals surface area (Å²) in [7, 11) is 0. The summed E-state index contributed by atoms with van der Waals surface area (Å²) in [5, 5.41) is 0.884. The minimum atomic E-state index is 0.884. The van der Waals surface area contributed by atoms with Crippen LogP contribution in [0.3, 0.4) is 0 Å². The molecule has 2 heteroatoms. The fraction of sp³-hybridized carbons (Fsp3) is 0.500. The normalized spacial score (nSPS) is 12.0. The zero-order valence-electron chi connectivity index (χ0n) is 4.06. The standard InChI is InChI=1S/C4H9NS/c1-3-4(5)6-2/h3H,5H2,1-2H3. The molecule has 36 valence electrons. The van der Waals surface area contributed by atoms with Crippen molar-refractivity contribution in [2.24, 2.45) is 5.73 Å². The van der Waals surface area contributed by atoms with E-state index in [0.29, 0.717) is 0 Å². The van der Waals surface area contributed by atoms with Gasteiger partial charge in [0.1, 0.15) is 0 Å². The molecule has 0 bridgehead atoms. The van der Waals surface area contributed by atoms with Gasteiger partial charge in [-0.2, -0.15) is 0 Å². The second-order valence-electron chi connectivity index (χ2n) is 0.895. The molecule has 0 atom stereocenters. The third-order valence-electron chi connectivity index (χ3n) is 0.520. The Bertz CT molecular complexity index is 58.6. The van der Waals surface area contributed by atoms with Gasteiger partial charge in [-0.3, -0.25) is 0 Å².